The third kappa shape index (κ3) is 7.90. The van der Waals surface area contributed by atoms with E-state index >= 15 is 4.39 Å². The van der Waals surface area contributed by atoms with Crippen LogP contribution in [0.25, 0.3) is 22.5 Å². The van der Waals surface area contributed by atoms with Gasteiger partial charge >= 0.3 is 17.8 Å². The van der Waals surface area contributed by atoms with Crippen LogP contribution in [0.15, 0.2) is 95.5 Å². The van der Waals surface area contributed by atoms with Crippen molar-refractivity contribution < 1.29 is 28.4 Å². The zero-order valence-corrected chi connectivity index (χ0v) is 27.2. The number of carbonyl (C=O) groups is 3. The summed E-state index contributed by atoms with van der Waals surface area (Å²) in [4.78, 5) is 46.4. The third-order valence-corrected chi connectivity index (χ3v) is 8.75. The molecular weight excluding hydrogens is 625 g/mol. The first-order valence-electron chi connectivity index (χ1n) is 16.0. The molecule has 1 atom stereocenters. The molecule has 1 aliphatic rings. The Morgan fingerprint density at radius 2 is 1.65 bits per heavy atom. The van der Waals surface area contributed by atoms with Crippen molar-refractivity contribution in [3.63, 3.8) is 0 Å². The fraction of sp³-hybridized carbons (Fsp3) is 0.237. The molecule has 2 heterocycles. The van der Waals surface area contributed by atoms with Crippen LogP contribution in [0.1, 0.15) is 43.3 Å². The Bertz CT molecular complexity index is 1980. The number of carboxylic acids is 1. The number of nitrogens with zero attached hydrogens (tertiary/aromatic N) is 4. The summed E-state index contributed by atoms with van der Waals surface area (Å²) in [7, 11) is 0. The molecule has 1 aliphatic heterocycles. The molecule has 1 saturated heterocycles. The molecule has 0 saturated carbocycles. The van der Waals surface area contributed by atoms with Crippen LogP contribution in [-0.2, 0) is 17.8 Å². The van der Waals surface area contributed by atoms with E-state index in [-0.39, 0.29) is 23.7 Å². The summed E-state index contributed by atoms with van der Waals surface area (Å²) in [6.07, 6.45) is -0.165. The Balaban J connectivity index is 1.07. The Labute approximate surface area is 283 Å². The summed E-state index contributed by atoms with van der Waals surface area (Å²) in [5.74, 6) is -3.28. The molecule has 0 aliphatic carbocycles. The lowest BCUT2D eigenvalue weighted by molar-refractivity contribution is -0.139. The van der Waals surface area contributed by atoms with Crippen molar-refractivity contribution >= 4 is 17.8 Å². The highest BCUT2D eigenvalue weighted by Gasteiger charge is 2.28. The minimum absolute atomic E-state index is 0.00145. The van der Waals surface area contributed by atoms with E-state index in [9.17, 15) is 19.5 Å². The number of hydrogen-bond acceptors (Lipinski definition) is 7. The molecule has 10 nitrogen and oxygen atoms in total. The Kier molecular flexibility index (Phi) is 9.91. The minimum Gasteiger partial charge on any atom is -0.480 e. The minimum atomic E-state index is -1.31. The van der Waals surface area contributed by atoms with Gasteiger partial charge in [0.05, 0.1) is 5.56 Å². The standard InChI is InChI=1S/C38H36FN5O5/c1-24-10-13-27(14-11-24)28-8-5-9-29(22-28)35(45)40-33(38(47)48)21-26-12-15-31(32(39)20-26)34-41-36(49-42-34)37(46)44-18-16-43(17-19-44)23-30-7-4-3-6-25(30)2/h3-15,20,22,33H,16-19,21,23H2,1-2H3,(H,40,45)(H,47,48). The molecule has 6 rings (SSSR count). The van der Waals surface area contributed by atoms with Crippen molar-refractivity contribution in [2.45, 2.75) is 32.9 Å². The number of nitrogens with one attached hydrogen (secondary N) is 1. The summed E-state index contributed by atoms with van der Waals surface area (Å²) < 4.78 is 20.5. The van der Waals surface area contributed by atoms with Gasteiger partial charge in [0.2, 0.25) is 5.82 Å². The molecular formula is C38H36FN5O5. The number of piperazine rings is 1. The highest BCUT2D eigenvalue weighted by molar-refractivity contribution is 5.97. The van der Waals surface area contributed by atoms with E-state index in [0.29, 0.717) is 37.3 Å². The zero-order valence-electron chi connectivity index (χ0n) is 27.2. The number of halogens is 1. The number of aryl methyl sites for hydroxylation is 2. The Morgan fingerprint density at radius 3 is 2.37 bits per heavy atom. The number of carboxylic acid groups (broad SMARTS) is 1. The Hall–Kier alpha value is -5.68. The number of benzene rings is 4. The molecule has 2 N–H and O–H groups in total. The van der Waals surface area contributed by atoms with Gasteiger partial charge in [-0.15, -0.1) is 0 Å². The van der Waals surface area contributed by atoms with Crippen LogP contribution in [0.5, 0.6) is 0 Å². The second-order valence-corrected chi connectivity index (χ2v) is 12.2. The molecule has 0 radical (unpaired) electrons. The molecule has 49 heavy (non-hydrogen) atoms. The average molecular weight is 662 g/mol. The van der Waals surface area contributed by atoms with Gasteiger partial charge in [-0.1, -0.05) is 77.5 Å². The van der Waals surface area contributed by atoms with Gasteiger partial charge in [0.1, 0.15) is 11.9 Å². The quantitative estimate of drug-likeness (QED) is 0.200. The largest absolute Gasteiger partial charge is 0.480 e. The van der Waals surface area contributed by atoms with E-state index < -0.39 is 29.6 Å². The van der Waals surface area contributed by atoms with E-state index in [2.05, 4.69) is 39.4 Å². The number of aliphatic carboxylic acids is 1. The van der Waals surface area contributed by atoms with Gasteiger partial charge in [-0.25, -0.2) is 9.18 Å². The van der Waals surface area contributed by atoms with Crippen LogP contribution in [0, 0.1) is 19.7 Å². The fourth-order valence-electron chi connectivity index (χ4n) is 5.82. The topological polar surface area (TPSA) is 129 Å². The van der Waals surface area contributed by atoms with Crippen molar-refractivity contribution in [2.24, 2.45) is 0 Å². The van der Waals surface area contributed by atoms with E-state index in [1.165, 1.54) is 29.3 Å². The first-order chi connectivity index (χ1) is 23.6. The van der Waals surface area contributed by atoms with Crippen LogP contribution < -0.4 is 5.32 Å². The number of rotatable bonds is 10. The molecule has 1 aromatic heterocycles. The van der Waals surface area contributed by atoms with E-state index in [4.69, 9.17) is 4.52 Å². The zero-order chi connectivity index (χ0) is 34.5. The maximum Gasteiger partial charge on any atom is 0.326 e. The molecule has 0 bridgehead atoms. The fourth-order valence-corrected chi connectivity index (χ4v) is 5.82. The monoisotopic (exact) mass is 661 g/mol. The van der Waals surface area contributed by atoms with E-state index in [0.717, 1.165) is 23.2 Å². The molecule has 0 spiro atoms. The average Bonchev–Trinajstić information content (AvgIpc) is 3.59. The smallest absolute Gasteiger partial charge is 0.326 e. The lowest BCUT2D eigenvalue weighted by Gasteiger charge is -2.34. The Morgan fingerprint density at radius 1 is 0.898 bits per heavy atom. The van der Waals surface area contributed by atoms with Crippen LogP contribution in [0.3, 0.4) is 0 Å². The summed E-state index contributed by atoms with van der Waals surface area (Å²) in [5, 5.41) is 16.3. The van der Waals surface area contributed by atoms with Crippen molar-refractivity contribution in [2.75, 3.05) is 26.2 Å². The molecule has 5 aromatic rings. The van der Waals surface area contributed by atoms with Crippen molar-refractivity contribution in [1.82, 2.24) is 25.3 Å². The number of hydrogen-bond donors (Lipinski definition) is 2. The van der Waals surface area contributed by atoms with Gasteiger partial charge in [0, 0.05) is 44.7 Å². The van der Waals surface area contributed by atoms with E-state index in [1.54, 1.807) is 23.1 Å². The molecule has 11 heteroatoms. The van der Waals surface area contributed by atoms with Gasteiger partial charge in [0.25, 0.3) is 5.91 Å². The number of aromatic nitrogens is 2. The molecule has 1 unspecified atom stereocenters. The summed E-state index contributed by atoms with van der Waals surface area (Å²) in [6, 6.07) is 25.8. The molecule has 4 aromatic carbocycles. The van der Waals surface area contributed by atoms with Crippen molar-refractivity contribution in [1.29, 1.82) is 0 Å². The maximum absolute atomic E-state index is 15.3. The molecule has 1 fully saturated rings. The first kappa shape index (κ1) is 33.2. The maximum atomic E-state index is 15.3. The highest BCUT2D eigenvalue weighted by atomic mass is 19.1. The molecule has 2 amide bonds. The lowest BCUT2D eigenvalue weighted by atomic mass is 10.0. The second-order valence-electron chi connectivity index (χ2n) is 12.2. The van der Waals surface area contributed by atoms with Crippen molar-refractivity contribution in [3.05, 3.63) is 131 Å². The highest BCUT2D eigenvalue weighted by Crippen LogP contribution is 2.24. The third-order valence-electron chi connectivity index (χ3n) is 8.75. The second kappa shape index (κ2) is 14.6. The SMILES string of the molecule is Cc1ccc(-c2cccc(C(=O)NC(Cc3ccc(-c4noc(C(=O)N5CCN(Cc6ccccc6C)CC5)n4)c(F)c3)C(=O)O)c2)cc1. The summed E-state index contributed by atoms with van der Waals surface area (Å²) in [5.41, 5.74) is 5.97. The van der Waals surface area contributed by atoms with Crippen LogP contribution in [-0.4, -0.2) is 75.1 Å². The number of carbonyl (C=O) groups excluding carboxylic acids is 2. The molecule has 250 valence electrons. The van der Waals surface area contributed by atoms with Crippen molar-refractivity contribution in [3.8, 4) is 22.5 Å². The van der Waals surface area contributed by atoms with Gasteiger partial charge in [-0.3, -0.25) is 14.5 Å². The predicted octanol–water partition coefficient (Wildman–Crippen LogP) is 5.54. The van der Waals surface area contributed by atoms with Crippen LogP contribution in [0.2, 0.25) is 0 Å². The van der Waals surface area contributed by atoms with E-state index in [1.807, 2.05) is 49.4 Å². The predicted molar refractivity (Wildman–Crippen MR) is 181 cm³/mol. The summed E-state index contributed by atoms with van der Waals surface area (Å²) in [6.45, 7) is 7.23. The van der Waals surface area contributed by atoms with Gasteiger partial charge < -0.3 is 19.8 Å². The number of amides is 2. The van der Waals surface area contributed by atoms with Crippen LogP contribution in [0.4, 0.5) is 4.39 Å². The normalized spacial score (nSPS) is 14.0. The lowest BCUT2D eigenvalue weighted by Crippen LogP contribution is -2.48. The van der Waals surface area contributed by atoms with Gasteiger partial charge in [0.15, 0.2) is 0 Å². The van der Waals surface area contributed by atoms with Gasteiger partial charge in [-0.2, -0.15) is 4.98 Å². The van der Waals surface area contributed by atoms with Crippen LogP contribution >= 0.6 is 0 Å². The van der Waals surface area contributed by atoms with Gasteiger partial charge in [-0.05, 0) is 65.9 Å². The first-order valence-corrected chi connectivity index (χ1v) is 16.0. The summed E-state index contributed by atoms with van der Waals surface area (Å²) >= 11 is 0.